The van der Waals surface area contributed by atoms with Gasteiger partial charge in [0.15, 0.2) is 15.9 Å². The van der Waals surface area contributed by atoms with Crippen LogP contribution in [0.5, 0.6) is 0 Å². The fraction of sp³-hybridized carbons (Fsp3) is 0.595. The van der Waals surface area contributed by atoms with Gasteiger partial charge in [-0.1, -0.05) is 15.9 Å². The summed E-state index contributed by atoms with van der Waals surface area (Å²) in [5.74, 6) is -3.23. The van der Waals surface area contributed by atoms with Crippen LogP contribution in [0, 0.1) is 0 Å². The number of aromatic nitrogens is 5. The van der Waals surface area contributed by atoms with E-state index in [-0.39, 0.29) is 40.9 Å². The van der Waals surface area contributed by atoms with Crippen molar-refractivity contribution in [1.82, 2.24) is 49.0 Å². The van der Waals surface area contributed by atoms with E-state index < -0.39 is 28.9 Å². The second-order valence-electron chi connectivity index (χ2n) is 17.9. The third-order valence-electron chi connectivity index (χ3n) is 8.74. The SMILES string of the molecule is CC(C)(C)OC(=O)N1CCN(C(N)=S)CC1.CC(C)(C)OC(=O)N1CCN(c2nc(C(=O)O)cs2)CC1.CC(C)(C)OC(=O)N1CCNCC1.O=C(O)C(=O)CBr.O=C(n1ccnc1)n1ccnc1. The highest BCUT2D eigenvalue weighted by atomic mass is 79.9. The first-order valence-electron chi connectivity index (χ1n) is 21.6. The van der Waals surface area contributed by atoms with E-state index in [1.165, 1.54) is 38.5 Å². The van der Waals surface area contributed by atoms with Gasteiger partial charge in [0.1, 0.15) is 29.5 Å². The van der Waals surface area contributed by atoms with Gasteiger partial charge in [-0.2, -0.15) is 0 Å². The first kappa shape index (κ1) is 59.2. The number of piperazine rings is 3. The Bertz CT molecular complexity index is 2080. The van der Waals surface area contributed by atoms with Gasteiger partial charge < -0.3 is 60.0 Å². The van der Waals surface area contributed by atoms with Crippen molar-refractivity contribution in [3.8, 4) is 0 Å². The summed E-state index contributed by atoms with van der Waals surface area (Å²) in [6, 6.07) is -0.190. The van der Waals surface area contributed by atoms with Gasteiger partial charge in [-0.3, -0.25) is 13.9 Å². The monoisotopic (exact) mass is 1070 g/mol. The average Bonchev–Trinajstić information content (AvgIpc) is 4.11. The minimum Gasteiger partial charge on any atom is -0.476 e. The maximum atomic E-state index is 11.9. The summed E-state index contributed by atoms with van der Waals surface area (Å²) in [7, 11) is 0. The molecule has 3 aliphatic rings. The van der Waals surface area contributed by atoms with Crippen LogP contribution in [-0.4, -0.2) is 202 Å². The quantitative estimate of drug-likeness (QED) is 0.124. The number of hydrogen-bond donors (Lipinski definition) is 4. The number of thiazole rings is 1. The number of carbonyl (C=O) groups is 7. The molecule has 0 radical (unpaired) electrons. The van der Waals surface area contributed by atoms with Crippen LogP contribution in [0.15, 0.2) is 42.8 Å². The number of imidazole rings is 2. The third kappa shape index (κ3) is 23.3. The molecule has 0 spiro atoms. The Morgan fingerprint density at radius 1 is 0.681 bits per heavy atom. The van der Waals surface area contributed by atoms with Crippen LogP contribution < -0.4 is 16.0 Å². The zero-order chi connectivity index (χ0) is 52.1. The number of hydrogen-bond acceptors (Lipinski definition) is 17. The van der Waals surface area contributed by atoms with Crippen molar-refractivity contribution in [3.05, 3.63) is 48.5 Å². The van der Waals surface area contributed by atoms with Crippen molar-refractivity contribution in [3.63, 3.8) is 0 Å². The fourth-order valence-corrected chi connectivity index (χ4v) is 6.74. The highest BCUT2D eigenvalue weighted by Gasteiger charge is 2.28. The first-order valence-corrected chi connectivity index (χ1v) is 24.0. The van der Waals surface area contributed by atoms with E-state index >= 15 is 0 Å². The summed E-state index contributed by atoms with van der Waals surface area (Å²) < 4.78 is 18.6. The van der Waals surface area contributed by atoms with E-state index in [0.29, 0.717) is 62.6 Å². The first-order chi connectivity index (χ1) is 32.1. The van der Waals surface area contributed by atoms with Crippen molar-refractivity contribution in [2.45, 2.75) is 79.1 Å². The molecule has 0 unspecified atom stereocenters. The Morgan fingerprint density at radius 2 is 1.07 bits per heavy atom. The van der Waals surface area contributed by atoms with Crippen LogP contribution in [0.3, 0.4) is 0 Å². The highest BCUT2D eigenvalue weighted by Crippen LogP contribution is 2.23. The molecule has 3 aromatic heterocycles. The largest absolute Gasteiger partial charge is 0.476 e. The number of aliphatic carboxylic acids is 1. The normalized spacial score (nSPS) is 14.9. The van der Waals surface area contributed by atoms with Gasteiger partial charge in [-0.05, 0) is 74.5 Å². The minimum atomic E-state index is -1.39. The summed E-state index contributed by atoms with van der Waals surface area (Å²) in [5, 5.41) is 22.3. The smallest absolute Gasteiger partial charge is 0.410 e. The van der Waals surface area contributed by atoms with Crippen LogP contribution in [0.2, 0.25) is 0 Å². The molecule has 27 heteroatoms. The lowest BCUT2D eigenvalue weighted by atomic mass is 10.2. The lowest BCUT2D eigenvalue weighted by molar-refractivity contribution is -0.147. The number of thiocarbonyl (C=S) groups is 1. The molecule has 3 aromatic rings. The molecule has 24 nitrogen and oxygen atoms in total. The van der Waals surface area contributed by atoms with Crippen LogP contribution in [-0.2, 0) is 23.8 Å². The molecule has 3 aliphatic heterocycles. The van der Waals surface area contributed by atoms with E-state index in [9.17, 15) is 33.6 Å². The predicted octanol–water partition coefficient (Wildman–Crippen LogP) is 4.14. The van der Waals surface area contributed by atoms with Gasteiger partial charge in [0, 0.05) is 109 Å². The highest BCUT2D eigenvalue weighted by molar-refractivity contribution is 9.09. The number of Topliss-reactive ketones (excluding diaryl/α,β-unsaturated/α-hetero) is 1. The molecule has 5 N–H and O–H groups in total. The number of halogens is 1. The molecule has 69 heavy (non-hydrogen) atoms. The van der Waals surface area contributed by atoms with E-state index in [2.05, 4.69) is 36.2 Å². The summed E-state index contributed by atoms with van der Waals surface area (Å²) in [6.45, 7) is 24.8. The number of nitrogens with one attached hydrogen (secondary N) is 1. The lowest BCUT2D eigenvalue weighted by Gasteiger charge is -2.35. The second-order valence-corrected chi connectivity index (χ2v) is 19.7. The third-order valence-corrected chi connectivity index (χ3v) is 10.4. The molecule has 384 valence electrons. The maximum absolute atomic E-state index is 11.9. The van der Waals surface area contributed by atoms with Gasteiger partial charge in [0.05, 0.1) is 5.33 Å². The van der Waals surface area contributed by atoms with E-state index in [1.54, 1.807) is 39.5 Å². The fourth-order valence-electron chi connectivity index (χ4n) is 5.46. The van der Waals surface area contributed by atoms with Crippen LogP contribution in [0.4, 0.5) is 24.3 Å². The van der Waals surface area contributed by atoms with Gasteiger partial charge in [-0.15, -0.1) is 11.3 Å². The topological polar surface area (TPSA) is 290 Å². The standard InChI is InChI=1S/C13H19N3O4S.C10H19N3O2S.C9H18N2O2.C7H6N4O.C3H3BrO3/c1-13(2,3)20-12(19)16-6-4-15(5-7-16)11-14-9(8-21-11)10(17)18;1-10(2,3)15-9(14)13-6-4-12(5-7-13)8(11)16;1-9(2,3)13-8(12)11-6-4-10-5-7-11;12-7(10-3-1-8-5-10)11-4-2-9-6-11;4-1-2(5)3(6)7/h8H,4-7H2,1-3H3,(H,17,18);4-7H2,1-3H3,(H2,11,16);10H,4-7H2,1-3H3;1-6H;1H2,(H,6,7). The molecule has 6 heterocycles. The van der Waals surface area contributed by atoms with Gasteiger partial charge in [0.25, 0.3) is 0 Å². The lowest BCUT2D eigenvalue weighted by Crippen LogP contribution is -2.52. The Hall–Kier alpha value is -5.93. The van der Waals surface area contributed by atoms with Gasteiger partial charge in [-0.25, -0.2) is 43.7 Å². The number of anilines is 1. The van der Waals surface area contributed by atoms with E-state index in [0.717, 1.165) is 26.2 Å². The van der Waals surface area contributed by atoms with Crippen molar-refractivity contribution in [2.24, 2.45) is 5.73 Å². The summed E-state index contributed by atoms with van der Waals surface area (Å²) in [5.41, 5.74) is 4.24. The predicted molar refractivity (Wildman–Crippen MR) is 263 cm³/mol. The summed E-state index contributed by atoms with van der Waals surface area (Å²) in [4.78, 5) is 97.3. The van der Waals surface area contributed by atoms with Crippen molar-refractivity contribution < 1.29 is 58.0 Å². The number of ether oxygens (including phenoxy) is 3. The number of nitrogens with two attached hydrogens (primary N) is 1. The van der Waals surface area contributed by atoms with Crippen LogP contribution >= 0.6 is 39.5 Å². The number of carboxylic acids is 2. The summed E-state index contributed by atoms with van der Waals surface area (Å²) in [6.07, 6.45) is 8.38. The van der Waals surface area contributed by atoms with E-state index in [4.69, 9.17) is 42.4 Å². The average molecular weight is 1070 g/mol. The van der Waals surface area contributed by atoms with Gasteiger partial charge >= 0.3 is 36.2 Å². The number of carboxylic acid groups (broad SMARTS) is 2. The Labute approximate surface area is 419 Å². The molecule has 0 aromatic carbocycles. The zero-order valence-electron chi connectivity index (χ0n) is 40.5. The minimum absolute atomic E-state index is 0.0598. The number of amides is 3. The molecule has 0 saturated carbocycles. The number of carbonyl (C=O) groups excluding carboxylic acids is 5. The molecule has 0 bridgehead atoms. The van der Waals surface area contributed by atoms with Crippen LogP contribution in [0.25, 0.3) is 0 Å². The van der Waals surface area contributed by atoms with E-state index in [1.807, 2.05) is 72.1 Å². The maximum Gasteiger partial charge on any atom is 0.410 e. The zero-order valence-corrected chi connectivity index (χ0v) is 43.7. The van der Waals surface area contributed by atoms with Gasteiger partial charge in [0.2, 0.25) is 5.78 Å². The van der Waals surface area contributed by atoms with Crippen molar-refractivity contribution in [2.75, 3.05) is 88.8 Å². The second kappa shape index (κ2) is 27.9. The Balaban J connectivity index is 0.000000307. The number of alkyl halides is 1. The Morgan fingerprint density at radius 3 is 1.38 bits per heavy atom. The molecular weight excluding hydrogens is 1010 g/mol. The molecule has 3 fully saturated rings. The number of rotatable bonds is 4. The van der Waals surface area contributed by atoms with Crippen molar-refractivity contribution >= 4 is 91.8 Å². The number of aromatic carboxylic acids is 1. The molecule has 0 atom stereocenters. The van der Waals surface area contributed by atoms with Crippen molar-refractivity contribution in [1.29, 1.82) is 0 Å². The molecule has 6 rings (SSSR count). The summed E-state index contributed by atoms with van der Waals surface area (Å²) >= 11 is 8.86. The molecule has 3 saturated heterocycles. The Kier molecular flexibility index (Phi) is 23.9. The molecule has 3 amide bonds. The molecular formula is C42H65BrN12O12S2. The number of nitrogens with zero attached hydrogens (tertiary/aromatic N) is 10. The number of ketones is 1. The van der Waals surface area contributed by atoms with Crippen LogP contribution in [0.1, 0.15) is 72.8 Å². The molecule has 0 aliphatic carbocycles.